The van der Waals surface area contributed by atoms with E-state index < -0.39 is 0 Å². The van der Waals surface area contributed by atoms with Gasteiger partial charge in [0.05, 0.1) is 6.61 Å². The maximum Gasteiger partial charge on any atom is 0.119 e. The van der Waals surface area contributed by atoms with E-state index in [1.54, 1.807) is 6.08 Å². The van der Waals surface area contributed by atoms with Gasteiger partial charge in [0, 0.05) is 6.42 Å². The fourth-order valence-electron chi connectivity index (χ4n) is 1.39. The van der Waals surface area contributed by atoms with Crippen LogP contribution in [0, 0.1) is 0 Å². The van der Waals surface area contributed by atoms with Crippen LogP contribution in [-0.2, 0) is 4.79 Å². The molecule has 2 heteroatoms. The Morgan fingerprint density at radius 3 is 1.93 bits per heavy atom. The van der Waals surface area contributed by atoms with Crippen molar-refractivity contribution in [1.82, 2.24) is 0 Å². The average molecular weight is 198 g/mol. The molecule has 82 valence electrons. The summed E-state index contributed by atoms with van der Waals surface area (Å²) in [5, 5.41) is 8.47. The monoisotopic (exact) mass is 198 g/mol. The van der Waals surface area contributed by atoms with Gasteiger partial charge in [-0.1, -0.05) is 37.8 Å². The first-order valence-corrected chi connectivity index (χ1v) is 5.61. The van der Waals surface area contributed by atoms with E-state index in [-0.39, 0.29) is 6.61 Å². The second kappa shape index (κ2) is 12.4. The zero-order valence-corrected chi connectivity index (χ0v) is 8.95. The summed E-state index contributed by atoms with van der Waals surface area (Å²) in [5.41, 5.74) is 0. The molecule has 0 aliphatic carbocycles. The van der Waals surface area contributed by atoms with E-state index in [0.717, 1.165) is 25.5 Å². The van der Waals surface area contributed by atoms with Gasteiger partial charge < -0.3 is 9.90 Å². The molecule has 0 unspecified atom stereocenters. The summed E-state index contributed by atoms with van der Waals surface area (Å²) >= 11 is 0. The molecule has 0 aliphatic heterocycles. The molecule has 1 N–H and O–H groups in total. The number of aliphatic hydroxyl groups is 1. The van der Waals surface area contributed by atoms with Crippen LogP contribution in [0.15, 0.2) is 12.2 Å². The van der Waals surface area contributed by atoms with E-state index >= 15 is 0 Å². The molecule has 14 heavy (non-hydrogen) atoms. The molecule has 0 fully saturated rings. The third-order valence-electron chi connectivity index (χ3n) is 2.21. The van der Waals surface area contributed by atoms with Gasteiger partial charge in [-0.2, -0.15) is 0 Å². The zero-order chi connectivity index (χ0) is 10.5. The molecule has 0 rings (SSSR count). The average Bonchev–Trinajstić information content (AvgIpc) is 2.21. The van der Waals surface area contributed by atoms with Crippen LogP contribution < -0.4 is 0 Å². The van der Waals surface area contributed by atoms with Crippen molar-refractivity contribution in [3.05, 3.63) is 12.2 Å². The molecule has 0 aromatic heterocycles. The number of rotatable bonds is 10. The number of carbonyl (C=O) groups is 1. The largest absolute Gasteiger partial charge is 0.392 e. The topological polar surface area (TPSA) is 37.3 Å². The molecule has 0 atom stereocenters. The Kier molecular flexibility index (Phi) is 11.8. The number of aldehydes is 1. The third-order valence-corrected chi connectivity index (χ3v) is 2.21. The lowest BCUT2D eigenvalue weighted by Crippen LogP contribution is -1.81. The lowest BCUT2D eigenvalue weighted by atomic mass is 10.1. The minimum Gasteiger partial charge on any atom is -0.392 e. The molecule has 0 aromatic rings. The molecule has 0 bridgehead atoms. The molecule has 0 saturated carbocycles. The van der Waals surface area contributed by atoms with E-state index in [9.17, 15) is 4.79 Å². The van der Waals surface area contributed by atoms with Gasteiger partial charge in [0.2, 0.25) is 0 Å². The van der Waals surface area contributed by atoms with Crippen molar-refractivity contribution < 1.29 is 9.90 Å². The van der Waals surface area contributed by atoms with Crippen LogP contribution in [-0.4, -0.2) is 18.0 Å². The van der Waals surface area contributed by atoms with Crippen LogP contribution in [0.4, 0.5) is 0 Å². The molecule has 0 aromatic carbocycles. The first-order chi connectivity index (χ1) is 6.91. The normalized spacial score (nSPS) is 10.9. The number of hydrogen-bond donors (Lipinski definition) is 1. The van der Waals surface area contributed by atoms with Crippen molar-refractivity contribution in [3.63, 3.8) is 0 Å². The quantitative estimate of drug-likeness (QED) is 0.333. The maximum absolute atomic E-state index is 10.0. The highest BCUT2D eigenvalue weighted by molar-refractivity contribution is 5.48. The highest BCUT2D eigenvalue weighted by atomic mass is 16.2. The molecular formula is C12H22O2. The SMILES string of the molecule is O=CCCCCCCCC/C=C\CO. The van der Waals surface area contributed by atoms with Gasteiger partial charge in [0.15, 0.2) is 0 Å². The Morgan fingerprint density at radius 1 is 0.786 bits per heavy atom. The molecule has 0 radical (unpaired) electrons. The number of allylic oxidation sites excluding steroid dienone is 1. The molecule has 2 nitrogen and oxygen atoms in total. The second-order valence-corrected chi connectivity index (χ2v) is 3.52. The highest BCUT2D eigenvalue weighted by Crippen LogP contribution is 2.08. The highest BCUT2D eigenvalue weighted by Gasteiger charge is 1.89. The Labute approximate surface area is 87.0 Å². The molecule has 0 heterocycles. The molecule has 0 spiro atoms. The van der Waals surface area contributed by atoms with Gasteiger partial charge in [-0.15, -0.1) is 0 Å². The summed E-state index contributed by atoms with van der Waals surface area (Å²) in [6.45, 7) is 0.158. The van der Waals surface area contributed by atoms with Crippen LogP contribution in [0.3, 0.4) is 0 Å². The first-order valence-electron chi connectivity index (χ1n) is 5.61. The minimum absolute atomic E-state index is 0.158. The van der Waals surface area contributed by atoms with E-state index in [0.29, 0.717) is 0 Å². The van der Waals surface area contributed by atoms with Crippen molar-refractivity contribution in [2.75, 3.05) is 6.61 Å². The van der Waals surface area contributed by atoms with Crippen LogP contribution in [0.5, 0.6) is 0 Å². The van der Waals surface area contributed by atoms with Crippen LogP contribution in [0.25, 0.3) is 0 Å². The summed E-state index contributed by atoms with van der Waals surface area (Å²) in [4.78, 5) is 10.0. The van der Waals surface area contributed by atoms with Gasteiger partial charge in [-0.05, 0) is 19.3 Å². The fourth-order valence-corrected chi connectivity index (χ4v) is 1.39. The molecule has 0 aliphatic rings. The van der Waals surface area contributed by atoms with E-state index in [2.05, 4.69) is 0 Å². The third kappa shape index (κ3) is 11.4. The van der Waals surface area contributed by atoms with Crippen LogP contribution in [0.2, 0.25) is 0 Å². The summed E-state index contributed by atoms with van der Waals surface area (Å²) in [6.07, 6.45) is 13.9. The van der Waals surface area contributed by atoms with E-state index in [4.69, 9.17) is 5.11 Å². The lowest BCUT2D eigenvalue weighted by molar-refractivity contribution is -0.107. The van der Waals surface area contributed by atoms with Gasteiger partial charge in [0.1, 0.15) is 6.29 Å². The van der Waals surface area contributed by atoms with Crippen molar-refractivity contribution >= 4 is 6.29 Å². The first kappa shape index (κ1) is 13.4. The maximum atomic E-state index is 10.0. The van der Waals surface area contributed by atoms with Gasteiger partial charge in [-0.3, -0.25) is 0 Å². The lowest BCUT2D eigenvalue weighted by Gasteiger charge is -1.98. The standard InChI is InChI=1S/C12H22O2/c13-11-9-7-5-3-1-2-4-6-8-10-12-14/h7,9,12-13H,1-6,8,10-11H2/b9-7-. The Balaban J connectivity index is 2.91. The van der Waals surface area contributed by atoms with Crippen molar-refractivity contribution in [1.29, 1.82) is 0 Å². The molecule has 0 amide bonds. The second-order valence-electron chi connectivity index (χ2n) is 3.52. The van der Waals surface area contributed by atoms with Gasteiger partial charge in [-0.25, -0.2) is 0 Å². The number of carbonyl (C=O) groups excluding carboxylic acids is 1. The minimum atomic E-state index is 0.158. The van der Waals surface area contributed by atoms with Gasteiger partial charge in [0.25, 0.3) is 0 Å². The molecule has 0 saturated heterocycles. The summed E-state index contributed by atoms with van der Waals surface area (Å²) in [5.74, 6) is 0. The summed E-state index contributed by atoms with van der Waals surface area (Å²) < 4.78 is 0. The van der Waals surface area contributed by atoms with Crippen molar-refractivity contribution in [3.8, 4) is 0 Å². The summed E-state index contributed by atoms with van der Waals surface area (Å²) in [7, 11) is 0. The predicted octanol–water partition coefficient (Wildman–Crippen LogP) is 2.85. The van der Waals surface area contributed by atoms with Crippen molar-refractivity contribution in [2.24, 2.45) is 0 Å². The number of hydrogen-bond acceptors (Lipinski definition) is 2. The predicted molar refractivity (Wildman–Crippen MR) is 59.2 cm³/mol. The smallest absolute Gasteiger partial charge is 0.119 e. The Hall–Kier alpha value is -0.630. The number of aliphatic hydroxyl groups excluding tert-OH is 1. The van der Waals surface area contributed by atoms with Crippen molar-refractivity contribution in [2.45, 2.75) is 51.4 Å². The molecular weight excluding hydrogens is 176 g/mol. The van der Waals surface area contributed by atoms with Gasteiger partial charge >= 0.3 is 0 Å². The zero-order valence-electron chi connectivity index (χ0n) is 8.95. The Morgan fingerprint density at radius 2 is 1.36 bits per heavy atom. The number of unbranched alkanes of at least 4 members (excludes halogenated alkanes) is 7. The van der Waals surface area contributed by atoms with E-state index in [1.807, 2.05) is 6.08 Å². The summed E-state index contributed by atoms with van der Waals surface area (Å²) in [6, 6.07) is 0. The van der Waals surface area contributed by atoms with Crippen LogP contribution in [0.1, 0.15) is 51.4 Å². The fraction of sp³-hybridized carbons (Fsp3) is 0.750. The van der Waals surface area contributed by atoms with Crippen LogP contribution >= 0.6 is 0 Å². The Bertz CT molecular complexity index is 141. The van der Waals surface area contributed by atoms with E-state index in [1.165, 1.54) is 32.1 Å².